The third-order valence-corrected chi connectivity index (χ3v) is 3.38. The summed E-state index contributed by atoms with van der Waals surface area (Å²) in [5, 5.41) is 11.4. The average molecular weight is 291 g/mol. The number of rotatable bonds is 2. The molecule has 0 saturated carbocycles. The van der Waals surface area contributed by atoms with E-state index in [-0.39, 0.29) is 12.2 Å². The van der Waals surface area contributed by atoms with E-state index < -0.39 is 17.3 Å². The maximum absolute atomic E-state index is 14.0. The maximum Gasteiger partial charge on any atom is 0.254 e. The molecule has 21 heavy (non-hydrogen) atoms. The van der Waals surface area contributed by atoms with Crippen LogP contribution in [0, 0.1) is 17.7 Å². The van der Waals surface area contributed by atoms with Crippen LogP contribution in [0.5, 0.6) is 0 Å². The van der Waals surface area contributed by atoms with Crippen molar-refractivity contribution in [1.82, 2.24) is 5.32 Å². The summed E-state index contributed by atoms with van der Waals surface area (Å²) in [6, 6.07) is 4.15. The summed E-state index contributed by atoms with van der Waals surface area (Å²) in [5.41, 5.74) is -0.0569. The summed E-state index contributed by atoms with van der Waals surface area (Å²) in [4.78, 5) is 12.2. The summed E-state index contributed by atoms with van der Waals surface area (Å²) in [6.45, 7) is 2.73. The van der Waals surface area contributed by atoms with Gasteiger partial charge in [0.15, 0.2) is 0 Å². The molecule has 1 aromatic rings. The number of hydrogen-bond acceptors (Lipinski definition) is 3. The van der Waals surface area contributed by atoms with E-state index in [9.17, 15) is 9.18 Å². The SMILES string of the molecule is CC1(NC(=O)c2ccc(C#CCO)cc2F)CCCOC1. The lowest BCUT2D eigenvalue weighted by atomic mass is 9.94. The van der Waals surface area contributed by atoms with Gasteiger partial charge in [0.2, 0.25) is 0 Å². The molecule has 1 saturated heterocycles. The molecule has 1 aromatic carbocycles. The van der Waals surface area contributed by atoms with Crippen LogP contribution >= 0.6 is 0 Å². The van der Waals surface area contributed by atoms with E-state index in [1.807, 2.05) is 6.92 Å². The molecule has 1 heterocycles. The van der Waals surface area contributed by atoms with Gasteiger partial charge in [0.1, 0.15) is 12.4 Å². The molecule has 1 aliphatic rings. The van der Waals surface area contributed by atoms with E-state index in [0.717, 1.165) is 12.8 Å². The van der Waals surface area contributed by atoms with Crippen molar-refractivity contribution in [3.05, 3.63) is 35.1 Å². The third kappa shape index (κ3) is 4.03. The van der Waals surface area contributed by atoms with Crippen LogP contribution in [-0.4, -0.2) is 36.4 Å². The summed E-state index contributed by atoms with van der Waals surface area (Å²) in [6.07, 6.45) is 1.68. The van der Waals surface area contributed by atoms with Crippen LogP contribution in [0.2, 0.25) is 0 Å². The Balaban J connectivity index is 2.12. The minimum atomic E-state index is -0.627. The number of carbonyl (C=O) groups is 1. The second-order valence-electron chi connectivity index (χ2n) is 5.33. The molecule has 0 radical (unpaired) electrons. The first-order valence-corrected chi connectivity index (χ1v) is 6.84. The number of ether oxygens (including phenoxy) is 1. The fraction of sp³-hybridized carbons (Fsp3) is 0.438. The molecule has 0 bridgehead atoms. The number of aliphatic hydroxyl groups is 1. The molecule has 0 aliphatic carbocycles. The zero-order chi connectivity index (χ0) is 15.3. The van der Waals surface area contributed by atoms with Crippen molar-refractivity contribution in [2.45, 2.75) is 25.3 Å². The summed E-state index contributed by atoms with van der Waals surface area (Å²) in [5.74, 6) is 3.95. The van der Waals surface area contributed by atoms with E-state index in [0.29, 0.717) is 18.8 Å². The molecule has 0 aromatic heterocycles. The van der Waals surface area contributed by atoms with Crippen molar-refractivity contribution >= 4 is 5.91 Å². The molecule has 1 amide bonds. The molecular weight excluding hydrogens is 273 g/mol. The van der Waals surface area contributed by atoms with Gasteiger partial charge in [-0.25, -0.2) is 4.39 Å². The molecule has 1 fully saturated rings. The van der Waals surface area contributed by atoms with Gasteiger partial charge in [-0.3, -0.25) is 4.79 Å². The highest BCUT2D eigenvalue weighted by Crippen LogP contribution is 2.19. The maximum atomic E-state index is 14.0. The van der Waals surface area contributed by atoms with Gasteiger partial charge >= 0.3 is 0 Å². The predicted octanol–water partition coefficient (Wildman–Crippen LogP) is 1.47. The highest BCUT2D eigenvalue weighted by Gasteiger charge is 2.30. The normalized spacial score (nSPS) is 21.3. The molecule has 1 unspecified atom stereocenters. The van der Waals surface area contributed by atoms with E-state index in [2.05, 4.69) is 17.2 Å². The zero-order valence-corrected chi connectivity index (χ0v) is 11.9. The molecule has 1 atom stereocenters. The van der Waals surface area contributed by atoms with Crippen molar-refractivity contribution in [1.29, 1.82) is 0 Å². The molecule has 2 rings (SSSR count). The fourth-order valence-corrected chi connectivity index (χ4v) is 2.29. The molecule has 112 valence electrons. The van der Waals surface area contributed by atoms with Crippen molar-refractivity contribution in [3.63, 3.8) is 0 Å². The molecule has 2 N–H and O–H groups in total. The Morgan fingerprint density at radius 3 is 3.00 bits per heavy atom. The highest BCUT2D eigenvalue weighted by molar-refractivity contribution is 5.95. The number of benzene rings is 1. The Bertz CT molecular complexity index is 583. The van der Waals surface area contributed by atoms with Crippen LogP contribution in [0.4, 0.5) is 4.39 Å². The predicted molar refractivity (Wildman–Crippen MR) is 76.3 cm³/mol. The number of nitrogens with one attached hydrogen (secondary N) is 1. The van der Waals surface area contributed by atoms with Crippen LogP contribution in [0.15, 0.2) is 18.2 Å². The minimum Gasteiger partial charge on any atom is -0.384 e. The molecule has 0 spiro atoms. The van der Waals surface area contributed by atoms with Gasteiger partial charge in [-0.2, -0.15) is 0 Å². The molecule has 5 heteroatoms. The first kappa shape index (κ1) is 15.5. The molecule has 4 nitrogen and oxygen atoms in total. The number of halogens is 1. The average Bonchev–Trinajstić information content (AvgIpc) is 2.45. The number of amides is 1. The number of hydrogen-bond donors (Lipinski definition) is 2. The standard InChI is InChI=1S/C16H18FNO3/c1-16(7-3-9-21-11-16)18-15(20)13-6-5-12(4-2-8-19)10-14(13)17/h5-6,10,19H,3,7-9,11H2,1H3,(H,18,20). The summed E-state index contributed by atoms with van der Waals surface area (Å²) >= 11 is 0. The van der Waals surface area contributed by atoms with E-state index >= 15 is 0 Å². The second-order valence-corrected chi connectivity index (χ2v) is 5.33. The van der Waals surface area contributed by atoms with Crippen LogP contribution in [0.25, 0.3) is 0 Å². The smallest absolute Gasteiger partial charge is 0.254 e. The number of carbonyl (C=O) groups excluding carboxylic acids is 1. The Labute approximate surface area is 123 Å². The van der Waals surface area contributed by atoms with Crippen molar-refractivity contribution in [2.24, 2.45) is 0 Å². The van der Waals surface area contributed by atoms with Crippen LogP contribution < -0.4 is 5.32 Å². The van der Waals surface area contributed by atoms with Crippen LogP contribution in [0.3, 0.4) is 0 Å². The second kappa shape index (κ2) is 6.70. The topological polar surface area (TPSA) is 58.6 Å². The zero-order valence-electron chi connectivity index (χ0n) is 11.9. The minimum absolute atomic E-state index is 0.0173. The van der Waals surface area contributed by atoms with Gasteiger partial charge in [0.25, 0.3) is 5.91 Å². The lowest BCUT2D eigenvalue weighted by molar-refractivity contribution is 0.0271. The third-order valence-electron chi connectivity index (χ3n) is 3.38. The van der Waals surface area contributed by atoms with Gasteiger partial charge < -0.3 is 15.2 Å². The first-order chi connectivity index (χ1) is 10.0. The first-order valence-electron chi connectivity index (χ1n) is 6.84. The van der Waals surface area contributed by atoms with E-state index in [4.69, 9.17) is 9.84 Å². The highest BCUT2D eigenvalue weighted by atomic mass is 19.1. The van der Waals surface area contributed by atoms with Crippen LogP contribution in [-0.2, 0) is 4.74 Å². The van der Waals surface area contributed by atoms with Gasteiger partial charge in [-0.1, -0.05) is 11.8 Å². The largest absolute Gasteiger partial charge is 0.384 e. The Kier molecular flexibility index (Phi) is 4.94. The summed E-state index contributed by atoms with van der Waals surface area (Å²) in [7, 11) is 0. The van der Waals surface area contributed by atoms with Crippen molar-refractivity contribution < 1.29 is 19.0 Å². The fourth-order valence-electron chi connectivity index (χ4n) is 2.29. The lowest BCUT2D eigenvalue weighted by Crippen LogP contribution is -2.51. The van der Waals surface area contributed by atoms with E-state index in [1.165, 1.54) is 12.1 Å². The van der Waals surface area contributed by atoms with Gasteiger partial charge in [0, 0.05) is 12.2 Å². The van der Waals surface area contributed by atoms with Crippen LogP contribution in [0.1, 0.15) is 35.7 Å². The Morgan fingerprint density at radius 1 is 1.57 bits per heavy atom. The van der Waals surface area contributed by atoms with Crippen molar-refractivity contribution in [2.75, 3.05) is 19.8 Å². The molecular formula is C16H18FNO3. The Morgan fingerprint density at radius 2 is 2.38 bits per heavy atom. The monoisotopic (exact) mass is 291 g/mol. The van der Waals surface area contributed by atoms with E-state index in [1.54, 1.807) is 6.07 Å². The lowest BCUT2D eigenvalue weighted by Gasteiger charge is -2.34. The van der Waals surface area contributed by atoms with Gasteiger partial charge in [-0.05, 0) is 38.0 Å². The number of aliphatic hydroxyl groups excluding tert-OH is 1. The van der Waals surface area contributed by atoms with Gasteiger partial charge in [-0.15, -0.1) is 0 Å². The quantitative estimate of drug-likeness (QED) is 0.811. The molecule has 1 aliphatic heterocycles. The van der Waals surface area contributed by atoms with Gasteiger partial charge in [0.05, 0.1) is 17.7 Å². The van der Waals surface area contributed by atoms with Crippen molar-refractivity contribution in [3.8, 4) is 11.8 Å². The summed E-state index contributed by atoms with van der Waals surface area (Å²) < 4.78 is 19.3. The Hall–Kier alpha value is -1.90.